The van der Waals surface area contributed by atoms with Crippen molar-refractivity contribution in [3.63, 3.8) is 0 Å². The van der Waals surface area contributed by atoms with Gasteiger partial charge in [-0.1, -0.05) is 77.9 Å². The summed E-state index contributed by atoms with van der Waals surface area (Å²) in [5, 5.41) is 31.5. The highest BCUT2D eigenvalue weighted by atomic mass is 16.5. The van der Waals surface area contributed by atoms with Crippen LogP contribution in [0.3, 0.4) is 0 Å². The monoisotopic (exact) mass is 1310 g/mol. The Balaban J connectivity index is 1.40. The fourth-order valence-corrected chi connectivity index (χ4v) is 10.2. The van der Waals surface area contributed by atoms with Crippen LogP contribution in [0.15, 0.2) is 118 Å². The van der Waals surface area contributed by atoms with Crippen LogP contribution in [0.25, 0.3) is 10.4 Å². The molecule has 1 saturated heterocycles. The topological polar surface area (TPSA) is 560 Å². The number of hydrogen-bond donors (Lipinski definition) is 15. The van der Waals surface area contributed by atoms with E-state index in [1.807, 2.05) is 0 Å². The van der Waals surface area contributed by atoms with E-state index in [1.165, 1.54) is 48.4 Å². The number of nitrogens with two attached hydrogens (primary N) is 7. The zero-order chi connectivity index (χ0) is 69.6. The number of azide groups is 1. The van der Waals surface area contributed by atoms with Gasteiger partial charge in [0.2, 0.25) is 65.0 Å². The number of carbonyl (C=O) groups is 11. The van der Waals surface area contributed by atoms with Crippen molar-refractivity contribution in [3.05, 3.63) is 136 Å². The number of methoxy groups -OCH3 is 1. The number of nitrogens with zero attached hydrogens (tertiary/aromatic N) is 6. The van der Waals surface area contributed by atoms with E-state index in [0.29, 0.717) is 28.0 Å². The van der Waals surface area contributed by atoms with Gasteiger partial charge in [0.05, 0.1) is 20.0 Å². The Kier molecular flexibility index (Phi) is 29.5. The second-order valence-electron chi connectivity index (χ2n) is 22.3. The highest BCUT2D eigenvalue weighted by molar-refractivity contribution is 5.99. The van der Waals surface area contributed by atoms with E-state index >= 15 is 0 Å². The minimum absolute atomic E-state index is 0.0302. The van der Waals surface area contributed by atoms with E-state index in [9.17, 15) is 57.8 Å². The predicted octanol–water partition coefficient (Wildman–Crippen LogP) is -2.27. The molecule has 33 nitrogen and oxygen atoms in total. The molecule has 1 aliphatic heterocycles. The average molecular weight is 1320 g/mol. The Bertz CT molecular complexity index is 3450. The number of carbonyl (C=O) groups excluding carboxylic acids is 11. The van der Waals surface area contributed by atoms with Crippen molar-refractivity contribution >= 4 is 82.6 Å². The molecule has 0 bridgehead atoms. The van der Waals surface area contributed by atoms with Gasteiger partial charge >= 0.3 is 0 Å². The second kappa shape index (κ2) is 37.7. The molecule has 11 amide bonds. The van der Waals surface area contributed by atoms with Gasteiger partial charge in [0.25, 0.3) is 0 Å². The van der Waals surface area contributed by atoms with Crippen molar-refractivity contribution in [2.45, 2.75) is 132 Å². The summed E-state index contributed by atoms with van der Waals surface area (Å²) < 4.78 is 5.29. The number of nitrogens with one attached hydrogen (secondary N) is 7. The molecule has 0 aliphatic carbocycles. The van der Waals surface area contributed by atoms with Crippen LogP contribution in [0.5, 0.6) is 11.5 Å². The molecule has 5 rings (SSSR count). The van der Waals surface area contributed by atoms with E-state index in [-0.39, 0.29) is 107 Å². The number of phenols is 1. The average Bonchev–Trinajstić information content (AvgIpc) is 1.80. The van der Waals surface area contributed by atoms with Crippen LogP contribution in [-0.2, 0) is 78.4 Å². The molecule has 8 atom stereocenters. The molecule has 22 N–H and O–H groups in total. The highest BCUT2D eigenvalue weighted by Crippen LogP contribution is 2.22. The number of rotatable bonds is 38. The molecule has 4 aromatic carbocycles. The van der Waals surface area contributed by atoms with E-state index in [2.05, 4.69) is 57.2 Å². The summed E-state index contributed by atoms with van der Waals surface area (Å²) in [4.78, 5) is 165. The van der Waals surface area contributed by atoms with Crippen LogP contribution in [0.2, 0.25) is 0 Å². The van der Waals surface area contributed by atoms with Gasteiger partial charge in [-0.2, -0.15) is 0 Å². The molecule has 1 heterocycles. The summed E-state index contributed by atoms with van der Waals surface area (Å²) in [5.74, 6) is -10.1. The number of amides is 11. The van der Waals surface area contributed by atoms with E-state index in [4.69, 9.17) is 50.4 Å². The summed E-state index contributed by atoms with van der Waals surface area (Å²) in [6, 6.07) is 15.3. The molecule has 33 heteroatoms. The number of benzene rings is 4. The lowest BCUT2D eigenvalue weighted by atomic mass is 10.0. The molecule has 4 aromatic rings. The van der Waals surface area contributed by atoms with Crippen molar-refractivity contribution in [1.29, 1.82) is 0 Å². The van der Waals surface area contributed by atoms with Gasteiger partial charge in [-0.05, 0) is 103 Å². The quantitative estimate of drug-likeness (QED) is 0.00562. The number of likely N-dealkylation sites (tertiary alicyclic amines) is 1. The predicted molar refractivity (Wildman–Crippen MR) is 347 cm³/mol. The van der Waals surface area contributed by atoms with Crippen LogP contribution < -0.4 is 82.1 Å². The van der Waals surface area contributed by atoms with Gasteiger partial charge in [0.15, 0.2) is 11.9 Å². The minimum atomic E-state index is -1.88. The first-order valence-corrected chi connectivity index (χ1v) is 30.3. The van der Waals surface area contributed by atoms with Crippen LogP contribution in [0, 0.1) is 0 Å². The number of aliphatic imine (C=N–C) groups is 2. The number of aromatic hydroxyl groups is 1. The summed E-state index contributed by atoms with van der Waals surface area (Å²) in [6.45, 7) is -0.0420. The van der Waals surface area contributed by atoms with Crippen LogP contribution in [0.4, 0.5) is 5.69 Å². The summed E-state index contributed by atoms with van der Waals surface area (Å²) >= 11 is 0. The molecular weight excluding hydrogens is 1230 g/mol. The third-order valence-corrected chi connectivity index (χ3v) is 15.0. The van der Waals surface area contributed by atoms with Gasteiger partial charge in [0.1, 0.15) is 59.8 Å². The van der Waals surface area contributed by atoms with Gasteiger partial charge < -0.3 is 92.1 Å². The number of hydrogen-bond acceptors (Lipinski definition) is 16. The van der Waals surface area contributed by atoms with Gasteiger partial charge in [0, 0.05) is 55.9 Å². The first-order valence-electron chi connectivity index (χ1n) is 30.3. The normalized spacial score (nSPS) is 14.5. The number of ether oxygens (including phenoxy) is 1. The Morgan fingerprint density at radius 2 is 1.06 bits per heavy atom. The van der Waals surface area contributed by atoms with Crippen LogP contribution >= 0.6 is 0 Å². The van der Waals surface area contributed by atoms with Crippen molar-refractivity contribution in [2.75, 3.05) is 26.7 Å². The molecular formula is C62H82N20O13. The largest absolute Gasteiger partial charge is 0.508 e. The molecule has 0 aromatic heterocycles. The van der Waals surface area contributed by atoms with Gasteiger partial charge in [-0.15, -0.1) is 0 Å². The Labute approximate surface area is 546 Å². The lowest BCUT2D eigenvalue weighted by Crippen LogP contribution is -2.61. The molecule has 508 valence electrons. The molecule has 1 aliphatic rings. The third-order valence-electron chi connectivity index (χ3n) is 15.0. The second-order valence-corrected chi connectivity index (χ2v) is 22.3. The zero-order valence-corrected chi connectivity index (χ0v) is 52.3. The SMILES string of the molecule is COc1ccc(C[C@@H](NC(=O)Cc2cccc(N=[N+]=[N-])c2)C(=O)N[C@@H](Cc2ccccc2)C(=O)N[C@@H](CCC(N)=O)C(=O)N[C@@H](CC(N)=O)C(=O)N[C@@H](CCCN=C(N)N)C(=O)N2CCC[C@H]2C(=O)N[C@@H](CCCN=C(N)N)C(=O)N[C@@H](Cc2ccc(O)cc2)C(N)=O)cc1. The first kappa shape index (κ1) is 74.2. The lowest BCUT2D eigenvalue weighted by Gasteiger charge is -2.31. The van der Waals surface area contributed by atoms with Crippen LogP contribution in [-0.4, -0.2) is 162 Å². The van der Waals surface area contributed by atoms with E-state index < -0.39 is 133 Å². The maximum absolute atomic E-state index is 14.8. The fraction of sp³-hybridized carbons (Fsp3) is 0.403. The maximum atomic E-state index is 14.8. The van der Waals surface area contributed by atoms with Gasteiger partial charge in [-0.25, -0.2) is 0 Å². The maximum Gasteiger partial charge on any atom is 0.245 e. The molecule has 1 fully saturated rings. The smallest absolute Gasteiger partial charge is 0.245 e. The Morgan fingerprint density at radius 1 is 0.568 bits per heavy atom. The van der Waals surface area contributed by atoms with Crippen molar-refractivity contribution in [2.24, 2.45) is 55.2 Å². The standard InChI is InChI=1S/C62H82N20O13/c1-95-41-22-18-37(19-23-41)32-46(73-52(86)33-38-11-5-12-39(29-38)80-81-70)56(90)78-47(31-35-9-3-2-4-10-35)57(91)74-43(24-25-50(63)84)55(89)79-48(34-51(64)85)58(92)76-44(14-7-27-72-62(68)69)60(94)82-28-8-15-49(82)59(93)75-42(13-6-26-71-61(66)67)54(88)77-45(53(65)87)30-36-16-20-40(83)21-17-36/h2-5,9-12,16-23,29,42-49,83H,6-8,13-15,24-28,30-34H2,1H3,(H2,63,84)(H2,64,85)(H2,65,87)(H,73,86)(H,74,91)(H,75,93)(H,76,92)(H,77,88)(H,78,90)(H,79,89)(H4,66,67,71)(H4,68,69,72)/t42-,43-,44-,45-,46+,47-,48-,49-/m0/s1. The van der Waals surface area contributed by atoms with E-state index in [0.717, 1.165) is 0 Å². The van der Waals surface area contributed by atoms with E-state index in [1.54, 1.807) is 66.7 Å². The number of guanidine groups is 2. The lowest BCUT2D eigenvalue weighted by molar-refractivity contribution is -0.143. The molecule has 0 radical (unpaired) electrons. The molecule has 0 unspecified atom stereocenters. The summed E-state index contributed by atoms with van der Waals surface area (Å²) in [7, 11) is 1.47. The Hall–Kier alpha value is -11.5. The fourth-order valence-electron chi connectivity index (χ4n) is 10.2. The number of phenolic OH excluding ortho intramolecular Hbond substituents is 1. The highest BCUT2D eigenvalue weighted by Gasteiger charge is 2.41. The molecule has 95 heavy (non-hydrogen) atoms. The van der Waals surface area contributed by atoms with Crippen molar-refractivity contribution in [3.8, 4) is 11.5 Å². The van der Waals surface area contributed by atoms with Crippen molar-refractivity contribution < 1.29 is 62.6 Å². The summed E-state index contributed by atoms with van der Waals surface area (Å²) in [5.41, 5.74) is 50.3. The van der Waals surface area contributed by atoms with Gasteiger partial charge in [-0.3, -0.25) is 62.7 Å². The third kappa shape index (κ3) is 25.6. The van der Waals surface area contributed by atoms with Crippen LogP contribution in [0.1, 0.15) is 80.0 Å². The molecule has 0 saturated carbocycles. The Morgan fingerprint density at radius 3 is 1.63 bits per heavy atom. The van der Waals surface area contributed by atoms with Crippen molar-refractivity contribution in [1.82, 2.24) is 42.1 Å². The zero-order valence-electron chi connectivity index (χ0n) is 52.3. The minimum Gasteiger partial charge on any atom is -0.508 e. The number of primary amides is 3. The first-order chi connectivity index (χ1) is 45.3. The molecule has 0 spiro atoms. The summed E-state index contributed by atoms with van der Waals surface area (Å²) in [6.07, 6.45) is -2.24.